The minimum atomic E-state index is -3.44. The van der Waals surface area contributed by atoms with Gasteiger partial charge >= 0.3 is 0 Å². The lowest BCUT2D eigenvalue weighted by Gasteiger charge is -2.11. The molecule has 0 aliphatic heterocycles. The van der Waals surface area contributed by atoms with Crippen molar-refractivity contribution >= 4 is 27.3 Å². The molecule has 0 aliphatic rings. The zero-order valence-electron chi connectivity index (χ0n) is 12.7. The van der Waals surface area contributed by atoms with Gasteiger partial charge in [0, 0.05) is 4.88 Å². The van der Waals surface area contributed by atoms with E-state index in [9.17, 15) is 13.2 Å². The first-order valence-corrected chi connectivity index (χ1v) is 9.32. The third-order valence-electron chi connectivity index (χ3n) is 3.24. The lowest BCUT2D eigenvalue weighted by atomic mass is 10.1. The molecule has 2 rings (SSSR count). The normalized spacial score (nSPS) is 12.8. The molecule has 2 aromatic rings. The zero-order chi connectivity index (χ0) is 16.9. The number of nitrogens with two attached hydrogens (primary N) is 1. The van der Waals surface area contributed by atoms with E-state index in [2.05, 4.69) is 10.0 Å². The van der Waals surface area contributed by atoms with Gasteiger partial charge < -0.3 is 11.1 Å². The van der Waals surface area contributed by atoms with Gasteiger partial charge in [-0.3, -0.25) is 4.79 Å². The molecule has 1 aromatic heterocycles. The maximum absolute atomic E-state index is 12.0. The van der Waals surface area contributed by atoms with Gasteiger partial charge in [-0.1, -0.05) is 30.3 Å². The summed E-state index contributed by atoms with van der Waals surface area (Å²) in [4.78, 5) is 12.8. The van der Waals surface area contributed by atoms with Crippen LogP contribution >= 0.6 is 11.3 Å². The van der Waals surface area contributed by atoms with Crippen LogP contribution in [0, 0.1) is 0 Å². The van der Waals surface area contributed by atoms with E-state index in [0.29, 0.717) is 6.42 Å². The number of sulfonamides is 1. The number of carbonyl (C=O) groups excluding carboxylic acids is 1. The topological polar surface area (TPSA) is 101 Å². The van der Waals surface area contributed by atoms with Crippen molar-refractivity contribution in [1.82, 2.24) is 10.0 Å². The fourth-order valence-electron chi connectivity index (χ4n) is 1.96. The SMILES string of the molecule is CNS(=O)(=O)c1ccc(CNC(=O)[C@@H](N)Cc2ccccc2)s1. The number of amides is 1. The van der Waals surface area contributed by atoms with Gasteiger partial charge in [0.2, 0.25) is 15.9 Å². The van der Waals surface area contributed by atoms with E-state index in [1.807, 2.05) is 30.3 Å². The largest absolute Gasteiger partial charge is 0.350 e. The van der Waals surface area contributed by atoms with Crippen LogP contribution in [0.1, 0.15) is 10.4 Å². The highest BCUT2D eigenvalue weighted by atomic mass is 32.2. The molecule has 1 aromatic carbocycles. The minimum Gasteiger partial charge on any atom is -0.350 e. The summed E-state index contributed by atoms with van der Waals surface area (Å²) < 4.78 is 25.8. The van der Waals surface area contributed by atoms with E-state index < -0.39 is 16.1 Å². The van der Waals surface area contributed by atoms with Crippen molar-refractivity contribution < 1.29 is 13.2 Å². The molecule has 4 N–H and O–H groups in total. The average molecular weight is 353 g/mol. The summed E-state index contributed by atoms with van der Waals surface area (Å²) in [5.41, 5.74) is 6.89. The second kappa shape index (κ2) is 7.69. The average Bonchev–Trinajstić information content (AvgIpc) is 3.03. The van der Waals surface area contributed by atoms with Crippen molar-refractivity contribution in [2.45, 2.75) is 23.2 Å². The van der Waals surface area contributed by atoms with Gasteiger partial charge in [0.15, 0.2) is 0 Å². The van der Waals surface area contributed by atoms with Crippen molar-refractivity contribution in [2.75, 3.05) is 7.05 Å². The van der Waals surface area contributed by atoms with Gasteiger partial charge in [-0.15, -0.1) is 11.3 Å². The Morgan fingerprint density at radius 3 is 2.57 bits per heavy atom. The van der Waals surface area contributed by atoms with Crippen LogP contribution in [-0.2, 0) is 27.8 Å². The molecule has 0 spiro atoms. The molecule has 0 fully saturated rings. The van der Waals surface area contributed by atoms with E-state index >= 15 is 0 Å². The second-order valence-corrected chi connectivity index (χ2v) is 8.22. The Labute approximate surface area is 139 Å². The van der Waals surface area contributed by atoms with E-state index in [1.54, 1.807) is 6.07 Å². The van der Waals surface area contributed by atoms with E-state index in [4.69, 9.17) is 5.73 Å². The van der Waals surface area contributed by atoms with Gasteiger partial charge in [0.1, 0.15) is 4.21 Å². The number of nitrogens with one attached hydrogen (secondary N) is 2. The Kier molecular flexibility index (Phi) is 5.89. The standard InChI is InChI=1S/C15H19N3O3S2/c1-17-23(20,21)14-8-7-12(22-14)10-18-15(19)13(16)9-11-5-3-2-4-6-11/h2-8,13,17H,9-10,16H2,1H3,(H,18,19)/t13-/m0/s1. The van der Waals surface area contributed by atoms with Crippen molar-refractivity contribution in [1.29, 1.82) is 0 Å². The second-order valence-electron chi connectivity index (χ2n) is 4.94. The van der Waals surface area contributed by atoms with Gasteiger partial charge in [-0.05, 0) is 31.2 Å². The molecule has 124 valence electrons. The Hall–Kier alpha value is -1.74. The number of rotatable bonds is 7. The minimum absolute atomic E-state index is 0.220. The molecule has 0 bridgehead atoms. The van der Waals surface area contributed by atoms with E-state index in [1.165, 1.54) is 13.1 Å². The summed E-state index contributed by atoms with van der Waals surface area (Å²) in [6.07, 6.45) is 0.455. The summed E-state index contributed by atoms with van der Waals surface area (Å²) >= 11 is 1.12. The van der Waals surface area contributed by atoms with Crippen LogP contribution in [0.25, 0.3) is 0 Å². The predicted molar refractivity (Wildman–Crippen MR) is 90.5 cm³/mol. The maximum atomic E-state index is 12.0. The molecule has 0 saturated carbocycles. The molecule has 0 unspecified atom stereocenters. The van der Waals surface area contributed by atoms with Gasteiger partial charge in [0.25, 0.3) is 0 Å². The van der Waals surface area contributed by atoms with Gasteiger partial charge in [0.05, 0.1) is 12.6 Å². The quantitative estimate of drug-likeness (QED) is 0.686. The number of benzene rings is 1. The van der Waals surface area contributed by atoms with Gasteiger partial charge in [-0.2, -0.15) is 0 Å². The van der Waals surface area contributed by atoms with Crippen LogP contribution in [0.15, 0.2) is 46.7 Å². The monoisotopic (exact) mass is 353 g/mol. The lowest BCUT2D eigenvalue weighted by Crippen LogP contribution is -2.41. The highest BCUT2D eigenvalue weighted by molar-refractivity contribution is 7.91. The predicted octanol–water partition coefficient (Wildman–Crippen LogP) is 0.842. The molecule has 23 heavy (non-hydrogen) atoms. The summed E-state index contributed by atoms with van der Waals surface area (Å²) in [5, 5.41) is 2.73. The number of hydrogen-bond donors (Lipinski definition) is 3. The molecule has 1 atom stereocenters. The van der Waals surface area contributed by atoms with Crippen LogP contribution in [0.2, 0.25) is 0 Å². The molecule has 0 radical (unpaired) electrons. The van der Waals surface area contributed by atoms with Crippen LogP contribution in [0.5, 0.6) is 0 Å². The van der Waals surface area contributed by atoms with Crippen molar-refractivity contribution in [3.8, 4) is 0 Å². The first kappa shape index (κ1) is 17.6. The van der Waals surface area contributed by atoms with Crippen LogP contribution in [-0.4, -0.2) is 27.4 Å². The summed E-state index contributed by atoms with van der Waals surface area (Å²) in [7, 11) is -2.08. The number of thiophene rings is 1. The highest BCUT2D eigenvalue weighted by Gasteiger charge is 2.16. The Bertz CT molecular complexity index is 757. The zero-order valence-corrected chi connectivity index (χ0v) is 14.3. The van der Waals surface area contributed by atoms with Crippen LogP contribution in [0.3, 0.4) is 0 Å². The molecule has 0 saturated heterocycles. The van der Waals surface area contributed by atoms with Crippen molar-refractivity contribution in [2.24, 2.45) is 5.73 Å². The fourth-order valence-corrected chi connectivity index (χ4v) is 4.10. The van der Waals surface area contributed by atoms with E-state index in [-0.39, 0.29) is 16.7 Å². The molecule has 1 heterocycles. The fraction of sp³-hybridized carbons (Fsp3) is 0.267. The molecular formula is C15H19N3O3S2. The number of carbonyl (C=O) groups is 1. The Balaban J connectivity index is 1.89. The number of hydrogen-bond acceptors (Lipinski definition) is 5. The molecule has 6 nitrogen and oxygen atoms in total. The van der Waals surface area contributed by atoms with Crippen molar-refractivity contribution in [3.63, 3.8) is 0 Å². The Morgan fingerprint density at radius 1 is 1.22 bits per heavy atom. The van der Waals surface area contributed by atoms with Crippen LogP contribution < -0.4 is 15.8 Å². The third kappa shape index (κ3) is 4.87. The molecular weight excluding hydrogens is 334 g/mol. The highest BCUT2D eigenvalue weighted by Crippen LogP contribution is 2.21. The molecule has 1 amide bonds. The maximum Gasteiger partial charge on any atom is 0.249 e. The van der Waals surface area contributed by atoms with E-state index in [0.717, 1.165) is 21.8 Å². The summed E-state index contributed by atoms with van der Waals surface area (Å²) in [6, 6.07) is 12.1. The summed E-state index contributed by atoms with van der Waals surface area (Å²) in [5.74, 6) is -0.264. The smallest absolute Gasteiger partial charge is 0.249 e. The van der Waals surface area contributed by atoms with Crippen LogP contribution in [0.4, 0.5) is 0 Å². The molecule has 0 aliphatic carbocycles. The lowest BCUT2D eigenvalue weighted by molar-refractivity contribution is -0.122. The van der Waals surface area contributed by atoms with Crippen molar-refractivity contribution in [3.05, 3.63) is 52.9 Å². The summed E-state index contributed by atoms with van der Waals surface area (Å²) in [6.45, 7) is 0.255. The molecule has 8 heteroatoms. The first-order chi connectivity index (χ1) is 10.9. The Morgan fingerprint density at radius 2 is 1.91 bits per heavy atom. The van der Waals surface area contributed by atoms with Gasteiger partial charge in [-0.25, -0.2) is 13.1 Å². The first-order valence-electron chi connectivity index (χ1n) is 7.02. The third-order valence-corrected chi connectivity index (χ3v) is 6.23.